The highest BCUT2D eigenvalue weighted by molar-refractivity contribution is 5.45. The minimum Gasteiger partial charge on any atom is -0.446 e. The van der Waals surface area contributed by atoms with E-state index < -0.39 is 57.9 Å². The molecule has 1 N–H and O–H groups in total. The van der Waals surface area contributed by atoms with Crippen LogP contribution in [0, 0.1) is 31.0 Å². The van der Waals surface area contributed by atoms with Gasteiger partial charge < -0.3 is 9.72 Å². The van der Waals surface area contributed by atoms with Gasteiger partial charge in [0.05, 0.1) is 24.0 Å². The minimum atomic E-state index is -3.06. The van der Waals surface area contributed by atoms with E-state index in [1.165, 1.54) is 6.07 Å². The number of nitrogens with zero attached hydrogens (tertiary/aromatic N) is 4. The van der Waals surface area contributed by atoms with Crippen LogP contribution in [0.2, 0.25) is 0 Å². The molecule has 172 valence electrons. The third-order valence-corrected chi connectivity index (χ3v) is 4.72. The van der Waals surface area contributed by atoms with E-state index in [1.807, 2.05) is 0 Å². The highest BCUT2D eigenvalue weighted by atomic mass is 19.3. The molecule has 0 saturated heterocycles. The van der Waals surface area contributed by atoms with Crippen molar-refractivity contribution in [1.29, 1.82) is 5.26 Å². The van der Waals surface area contributed by atoms with Crippen molar-refractivity contribution >= 4 is 0 Å². The van der Waals surface area contributed by atoms with Gasteiger partial charge in [0.2, 0.25) is 5.75 Å². The third kappa shape index (κ3) is 4.77. The van der Waals surface area contributed by atoms with Crippen molar-refractivity contribution in [1.82, 2.24) is 19.5 Å². The number of aromatic nitrogens is 4. The van der Waals surface area contributed by atoms with Crippen LogP contribution in [0.3, 0.4) is 0 Å². The second kappa shape index (κ2) is 9.23. The molecule has 2 heterocycles. The lowest BCUT2D eigenvalue weighted by molar-refractivity contribution is 0.151. The molecule has 0 aliphatic carbocycles. The minimum absolute atomic E-state index is 0.120. The Hall–Kier alpha value is -4.01. The van der Waals surface area contributed by atoms with Gasteiger partial charge in [-0.05, 0) is 32.9 Å². The van der Waals surface area contributed by atoms with Gasteiger partial charge in [-0.3, -0.25) is 14.2 Å². The second-order valence-electron chi connectivity index (χ2n) is 7.12. The van der Waals surface area contributed by atoms with Gasteiger partial charge in [0, 0.05) is 11.3 Å². The van der Waals surface area contributed by atoms with E-state index in [0.717, 1.165) is 17.8 Å². The van der Waals surface area contributed by atoms with Crippen LogP contribution in [0.1, 0.15) is 53.4 Å². The van der Waals surface area contributed by atoms with Crippen molar-refractivity contribution in [3.05, 3.63) is 78.9 Å². The topological polar surface area (TPSA) is 114 Å². The number of nitriles is 1. The van der Waals surface area contributed by atoms with E-state index in [2.05, 4.69) is 15.0 Å². The molecule has 1 atom stereocenters. The Bertz CT molecular complexity index is 1380. The number of H-pyrrole nitrogens is 1. The van der Waals surface area contributed by atoms with Crippen molar-refractivity contribution in [2.24, 2.45) is 0 Å². The Kier molecular flexibility index (Phi) is 6.62. The quantitative estimate of drug-likeness (QED) is 0.557. The van der Waals surface area contributed by atoms with Gasteiger partial charge in [0.15, 0.2) is 11.6 Å². The fourth-order valence-corrected chi connectivity index (χ4v) is 3.09. The number of halogens is 4. The van der Waals surface area contributed by atoms with Gasteiger partial charge in [0.25, 0.3) is 17.5 Å². The summed E-state index contributed by atoms with van der Waals surface area (Å²) in [6.07, 6.45) is -3.93. The van der Waals surface area contributed by atoms with Gasteiger partial charge >= 0.3 is 0 Å². The zero-order valence-electron chi connectivity index (χ0n) is 17.6. The lowest BCUT2D eigenvalue weighted by Crippen LogP contribution is -2.28. The fraction of sp³-hybridized carbons (Fsp3) is 0.286. The molecule has 0 fully saturated rings. The molecule has 8 nitrogen and oxygen atoms in total. The summed E-state index contributed by atoms with van der Waals surface area (Å²) in [5, 5.41) is 9.03. The van der Waals surface area contributed by atoms with E-state index in [1.54, 1.807) is 13.8 Å². The fourth-order valence-electron chi connectivity index (χ4n) is 3.09. The highest BCUT2D eigenvalue weighted by Gasteiger charge is 2.24. The molecule has 2 aromatic heterocycles. The van der Waals surface area contributed by atoms with Gasteiger partial charge in [-0.25, -0.2) is 27.5 Å². The monoisotopic (exact) mass is 463 g/mol. The zero-order chi connectivity index (χ0) is 24.4. The molecule has 0 saturated carbocycles. The maximum absolute atomic E-state index is 14.6. The predicted octanol–water partition coefficient (Wildman–Crippen LogP) is 3.76. The number of nitrogens with one attached hydrogen (secondary N) is 1. The molecule has 0 radical (unpaired) electrons. The lowest BCUT2D eigenvalue weighted by Gasteiger charge is -2.15. The molecule has 3 aromatic rings. The van der Waals surface area contributed by atoms with Gasteiger partial charge in [-0.15, -0.1) is 0 Å². The van der Waals surface area contributed by atoms with Crippen LogP contribution in [0.5, 0.6) is 11.5 Å². The van der Waals surface area contributed by atoms with Crippen molar-refractivity contribution < 1.29 is 22.3 Å². The van der Waals surface area contributed by atoms with Crippen LogP contribution in [0.4, 0.5) is 17.6 Å². The van der Waals surface area contributed by atoms with Crippen molar-refractivity contribution in [2.75, 3.05) is 0 Å². The van der Waals surface area contributed by atoms with E-state index in [4.69, 9.17) is 10.00 Å². The zero-order valence-corrected chi connectivity index (χ0v) is 17.6. The number of rotatable bonds is 6. The summed E-state index contributed by atoms with van der Waals surface area (Å²) in [6, 6.07) is 2.68. The molecule has 3 rings (SSSR count). The third-order valence-electron chi connectivity index (χ3n) is 4.72. The SMILES string of the molecule is Cc1nc(C)c(Cn2cnc(C(C)F)c(Oc3cc(C(F)F)cc(C#N)c3F)c2=O)c(=O)[nH]1. The number of aromatic amines is 1. The van der Waals surface area contributed by atoms with Crippen molar-refractivity contribution in [3.8, 4) is 17.6 Å². The number of ether oxygens (including phenoxy) is 1. The van der Waals surface area contributed by atoms with Crippen LogP contribution in [0.25, 0.3) is 0 Å². The molecular weight excluding hydrogens is 446 g/mol. The van der Waals surface area contributed by atoms with Crippen LogP contribution in [0.15, 0.2) is 28.0 Å². The summed E-state index contributed by atoms with van der Waals surface area (Å²) in [6.45, 7) is 3.86. The van der Waals surface area contributed by atoms with Gasteiger partial charge in [-0.2, -0.15) is 5.26 Å². The standard InChI is InChI=1S/C21H17F4N5O3/c1-9(22)17-18(33-15-5-12(19(24)25)4-13(6-26)16(15)23)21(32)30(8-27-17)7-14-10(2)28-11(3)29-20(14)31/h4-5,8-9,19H,7H2,1-3H3,(H,28,29,31). The second-order valence-corrected chi connectivity index (χ2v) is 7.12. The molecule has 0 bridgehead atoms. The molecule has 0 spiro atoms. The summed E-state index contributed by atoms with van der Waals surface area (Å²) in [5.74, 6) is -2.57. The maximum atomic E-state index is 14.6. The average molecular weight is 463 g/mol. The summed E-state index contributed by atoms with van der Waals surface area (Å²) in [4.78, 5) is 35.8. The van der Waals surface area contributed by atoms with E-state index in [-0.39, 0.29) is 12.1 Å². The van der Waals surface area contributed by atoms with Crippen LogP contribution < -0.4 is 15.9 Å². The number of benzene rings is 1. The van der Waals surface area contributed by atoms with Crippen molar-refractivity contribution in [3.63, 3.8) is 0 Å². The Morgan fingerprint density at radius 1 is 1.24 bits per heavy atom. The summed E-state index contributed by atoms with van der Waals surface area (Å²) in [7, 11) is 0. The Morgan fingerprint density at radius 2 is 1.94 bits per heavy atom. The maximum Gasteiger partial charge on any atom is 0.297 e. The Balaban J connectivity index is 2.15. The van der Waals surface area contributed by atoms with Gasteiger partial charge in [0.1, 0.15) is 23.8 Å². The van der Waals surface area contributed by atoms with Crippen LogP contribution in [-0.2, 0) is 6.54 Å². The van der Waals surface area contributed by atoms with Gasteiger partial charge in [-0.1, -0.05) is 0 Å². The van der Waals surface area contributed by atoms with Crippen LogP contribution in [-0.4, -0.2) is 19.5 Å². The first kappa shape index (κ1) is 23.6. The first-order valence-electron chi connectivity index (χ1n) is 9.52. The molecule has 12 heteroatoms. The number of hydrogen-bond acceptors (Lipinski definition) is 6. The van der Waals surface area contributed by atoms with Crippen molar-refractivity contribution in [2.45, 2.75) is 39.9 Å². The lowest BCUT2D eigenvalue weighted by atomic mass is 10.1. The first-order valence-corrected chi connectivity index (χ1v) is 9.52. The van der Waals surface area contributed by atoms with E-state index >= 15 is 0 Å². The molecule has 0 aliphatic rings. The summed E-state index contributed by atoms with van der Waals surface area (Å²) >= 11 is 0. The molecule has 0 amide bonds. The average Bonchev–Trinajstić information content (AvgIpc) is 2.73. The molecule has 1 aromatic carbocycles. The Morgan fingerprint density at radius 3 is 2.52 bits per heavy atom. The number of hydrogen-bond donors (Lipinski definition) is 1. The summed E-state index contributed by atoms with van der Waals surface area (Å²) in [5.41, 5.74) is -3.03. The summed E-state index contributed by atoms with van der Waals surface area (Å²) < 4.78 is 61.2. The Labute approximate surface area is 184 Å². The van der Waals surface area contributed by atoms with E-state index in [0.29, 0.717) is 23.7 Å². The van der Waals surface area contributed by atoms with Crippen LogP contribution >= 0.6 is 0 Å². The highest BCUT2D eigenvalue weighted by Crippen LogP contribution is 2.33. The first-order chi connectivity index (χ1) is 15.5. The van der Waals surface area contributed by atoms with E-state index in [9.17, 15) is 27.2 Å². The molecular formula is C21H17F4N5O3. The smallest absolute Gasteiger partial charge is 0.297 e. The predicted molar refractivity (Wildman–Crippen MR) is 108 cm³/mol. The number of alkyl halides is 3. The number of aryl methyl sites for hydroxylation is 2. The molecule has 0 aliphatic heterocycles. The molecule has 33 heavy (non-hydrogen) atoms. The molecule has 1 unspecified atom stereocenters. The largest absolute Gasteiger partial charge is 0.446 e. The normalized spacial score (nSPS) is 12.0.